The van der Waals surface area contributed by atoms with E-state index in [0.717, 1.165) is 23.9 Å². The van der Waals surface area contributed by atoms with Gasteiger partial charge in [0.25, 0.3) is 0 Å². The number of piperidine rings is 1. The molecular formula is C19H27BrN4O3. The number of halogens is 1. The number of amides is 2. The Bertz CT molecular complexity index is 659. The number of hydrogen-bond acceptors (Lipinski definition) is 5. The fraction of sp³-hybridized carbons (Fsp3) is 0.632. The zero-order valence-electron chi connectivity index (χ0n) is 15.9. The Kier molecular flexibility index (Phi) is 6.83. The Labute approximate surface area is 168 Å². The third-order valence-corrected chi connectivity index (χ3v) is 5.46. The Balaban J connectivity index is 1.52. The molecule has 0 spiro atoms. The number of nitrogens with zero attached hydrogens (tertiary/aromatic N) is 3. The minimum atomic E-state index is -0.125. The van der Waals surface area contributed by atoms with Crippen molar-refractivity contribution in [2.24, 2.45) is 5.92 Å². The van der Waals surface area contributed by atoms with Crippen molar-refractivity contribution in [3.8, 4) is 0 Å². The SMILES string of the molecule is CC1CN(C(=O)CN2CCCC(C(=O)Nc3ccc(Br)cn3)C2)CC(C)O1. The summed E-state index contributed by atoms with van der Waals surface area (Å²) in [6.45, 7) is 7.07. The summed E-state index contributed by atoms with van der Waals surface area (Å²) in [7, 11) is 0. The van der Waals surface area contributed by atoms with Crippen LogP contribution in [0.4, 0.5) is 5.82 Å². The van der Waals surface area contributed by atoms with Gasteiger partial charge in [-0.05, 0) is 61.3 Å². The van der Waals surface area contributed by atoms with Crippen molar-refractivity contribution in [1.82, 2.24) is 14.8 Å². The number of hydrogen-bond donors (Lipinski definition) is 1. The van der Waals surface area contributed by atoms with Gasteiger partial charge in [0.1, 0.15) is 5.82 Å². The van der Waals surface area contributed by atoms with Crippen LogP contribution in [-0.2, 0) is 14.3 Å². The lowest BCUT2D eigenvalue weighted by atomic mass is 9.97. The third-order valence-electron chi connectivity index (χ3n) is 4.99. The number of ether oxygens (including phenoxy) is 1. The van der Waals surface area contributed by atoms with Crippen LogP contribution in [0, 0.1) is 5.92 Å². The van der Waals surface area contributed by atoms with Gasteiger partial charge < -0.3 is 15.0 Å². The lowest BCUT2D eigenvalue weighted by Gasteiger charge is -2.37. The van der Waals surface area contributed by atoms with E-state index in [2.05, 4.69) is 31.1 Å². The molecule has 8 heteroatoms. The quantitative estimate of drug-likeness (QED) is 0.778. The standard InChI is InChI=1S/C19H27BrN4O3/c1-13-9-24(10-14(2)27-13)18(25)12-23-7-3-4-15(11-23)19(26)22-17-6-5-16(20)8-21-17/h5-6,8,13-15H,3-4,7,9-12H2,1-2H3,(H,21,22,26). The van der Waals surface area contributed by atoms with E-state index in [1.54, 1.807) is 12.3 Å². The Hall–Kier alpha value is -1.51. The molecule has 2 aliphatic heterocycles. The number of carbonyl (C=O) groups is 2. The van der Waals surface area contributed by atoms with Gasteiger partial charge in [0.05, 0.1) is 24.7 Å². The number of anilines is 1. The van der Waals surface area contributed by atoms with Crippen LogP contribution < -0.4 is 5.32 Å². The summed E-state index contributed by atoms with van der Waals surface area (Å²) in [6.07, 6.45) is 3.53. The third kappa shape index (κ3) is 5.73. The molecule has 148 valence electrons. The molecule has 3 rings (SSSR count). The maximum atomic E-state index is 12.7. The van der Waals surface area contributed by atoms with Crippen LogP contribution >= 0.6 is 15.9 Å². The first-order valence-corrected chi connectivity index (χ1v) is 10.3. The number of pyridine rings is 1. The van der Waals surface area contributed by atoms with E-state index in [4.69, 9.17) is 4.74 Å². The fourth-order valence-electron chi connectivity index (χ4n) is 3.76. The zero-order valence-corrected chi connectivity index (χ0v) is 17.4. The second kappa shape index (κ2) is 9.12. The predicted molar refractivity (Wildman–Crippen MR) is 106 cm³/mol. The van der Waals surface area contributed by atoms with E-state index >= 15 is 0 Å². The molecule has 27 heavy (non-hydrogen) atoms. The highest BCUT2D eigenvalue weighted by Gasteiger charge is 2.30. The molecule has 0 bridgehead atoms. The van der Waals surface area contributed by atoms with E-state index in [0.29, 0.717) is 32.0 Å². The van der Waals surface area contributed by atoms with Crippen molar-refractivity contribution < 1.29 is 14.3 Å². The van der Waals surface area contributed by atoms with Crippen LogP contribution in [0.25, 0.3) is 0 Å². The molecule has 0 radical (unpaired) electrons. The molecule has 1 aromatic rings. The van der Waals surface area contributed by atoms with Crippen molar-refractivity contribution in [2.45, 2.75) is 38.9 Å². The monoisotopic (exact) mass is 438 g/mol. The van der Waals surface area contributed by atoms with E-state index in [1.165, 1.54) is 0 Å². The van der Waals surface area contributed by atoms with Crippen LogP contribution in [0.3, 0.4) is 0 Å². The molecule has 7 nitrogen and oxygen atoms in total. The van der Waals surface area contributed by atoms with Gasteiger partial charge >= 0.3 is 0 Å². The normalized spacial score (nSPS) is 26.6. The number of morpholine rings is 1. The summed E-state index contributed by atoms with van der Waals surface area (Å²) >= 11 is 3.33. The molecule has 2 aliphatic rings. The van der Waals surface area contributed by atoms with Crippen molar-refractivity contribution in [1.29, 1.82) is 0 Å². The van der Waals surface area contributed by atoms with Crippen molar-refractivity contribution in [3.05, 3.63) is 22.8 Å². The largest absolute Gasteiger partial charge is 0.372 e. The minimum Gasteiger partial charge on any atom is -0.372 e. The highest BCUT2D eigenvalue weighted by Crippen LogP contribution is 2.19. The predicted octanol–water partition coefficient (Wildman–Crippen LogP) is 2.13. The minimum absolute atomic E-state index is 0.0319. The van der Waals surface area contributed by atoms with Gasteiger partial charge in [0.15, 0.2) is 0 Å². The highest BCUT2D eigenvalue weighted by molar-refractivity contribution is 9.10. The highest BCUT2D eigenvalue weighted by atomic mass is 79.9. The van der Waals surface area contributed by atoms with E-state index in [1.807, 2.05) is 24.8 Å². The second-order valence-corrected chi connectivity index (χ2v) is 8.40. The zero-order chi connectivity index (χ0) is 19.4. The lowest BCUT2D eigenvalue weighted by molar-refractivity contribution is -0.145. The average molecular weight is 439 g/mol. The van der Waals surface area contributed by atoms with E-state index in [-0.39, 0.29) is 29.9 Å². The summed E-state index contributed by atoms with van der Waals surface area (Å²) in [5.74, 6) is 0.510. The molecule has 2 saturated heterocycles. The molecule has 3 unspecified atom stereocenters. The molecule has 3 atom stereocenters. The first-order chi connectivity index (χ1) is 12.9. The molecule has 0 aliphatic carbocycles. The molecule has 0 aromatic carbocycles. The molecule has 3 heterocycles. The smallest absolute Gasteiger partial charge is 0.236 e. The number of likely N-dealkylation sites (tertiary alicyclic amines) is 1. The average Bonchev–Trinajstić information content (AvgIpc) is 2.63. The summed E-state index contributed by atoms with van der Waals surface area (Å²) in [6, 6.07) is 3.62. The van der Waals surface area contributed by atoms with Gasteiger partial charge in [-0.1, -0.05) is 0 Å². The Morgan fingerprint density at radius 2 is 2.00 bits per heavy atom. The van der Waals surface area contributed by atoms with Gasteiger partial charge in [0.2, 0.25) is 11.8 Å². The van der Waals surface area contributed by atoms with Crippen molar-refractivity contribution in [2.75, 3.05) is 38.0 Å². The number of aromatic nitrogens is 1. The summed E-state index contributed by atoms with van der Waals surface area (Å²) in [5.41, 5.74) is 0. The number of rotatable bonds is 4. The van der Waals surface area contributed by atoms with Crippen molar-refractivity contribution in [3.63, 3.8) is 0 Å². The van der Waals surface area contributed by atoms with Crippen LogP contribution in [0.1, 0.15) is 26.7 Å². The van der Waals surface area contributed by atoms with Crippen LogP contribution in [0.15, 0.2) is 22.8 Å². The van der Waals surface area contributed by atoms with Gasteiger partial charge in [-0.3, -0.25) is 14.5 Å². The maximum absolute atomic E-state index is 12.7. The van der Waals surface area contributed by atoms with E-state index < -0.39 is 0 Å². The Morgan fingerprint density at radius 1 is 1.26 bits per heavy atom. The number of carbonyl (C=O) groups excluding carboxylic acids is 2. The van der Waals surface area contributed by atoms with Gasteiger partial charge in [-0.25, -0.2) is 4.98 Å². The molecular weight excluding hydrogens is 412 g/mol. The molecule has 1 N–H and O–H groups in total. The summed E-state index contributed by atoms with van der Waals surface area (Å²) in [4.78, 5) is 33.4. The Morgan fingerprint density at radius 3 is 2.67 bits per heavy atom. The molecule has 1 aromatic heterocycles. The van der Waals surface area contributed by atoms with E-state index in [9.17, 15) is 9.59 Å². The first-order valence-electron chi connectivity index (χ1n) is 9.48. The number of nitrogens with one attached hydrogen (secondary N) is 1. The molecule has 2 amide bonds. The molecule has 2 fully saturated rings. The van der Waals surface area contributed by atoms with Crippen molar-refractivity contribution >= 4 is 33.6 Å². The van der Waals surface area contributed by atoms with Crippen LogP contribution in [0.5, 0.6) is 0 Å². The topological polar surface area (TPSA) is 74.8 Å². The summed E-state index contributed by atoms with van der Waals surface area (Å²) < 4.78 is 6.57. The second-order valence-electron chi connectivity index (χ2n) is 7.48. The maximum Gasteiger partial charge on any atom is 0.236 e. The van der Waals surface area contributed by atoms with Gasteiger partial charge in [-0.2, -0.15) is 0 Å². The molecule has 0 saturated carbocycles. The van der Waals surface area contributed by atoms with Gasteiger partial charge in [-0.15, -0.1) is 0 Å². The summed E-state index contributed by atoms with van der Waals surface area (Å²) in [5, 5.41) is 2.88. The van der Waals surface area contributed by atoms with Crippen LogP contribution in [-0.4, -0.2) is 71.5 Å². The fourth-order valence-corrected chi connectivity index (χ4v) is 4.00. The lowest BCUT2D eigenvalue weighted by Crippen LogP contribution is -2.52. The first kappa shape index (κ1) is 20.2. The van der Waals surface area contributed by atoms with Crippen LogP contribution in [0.2, 0.25) is 0 Å². The van der Waals surface area contributed by atoms with Gasteiger partial charge in [0, 0.05) is 30.3 Å².